The summed E-state index contributed by atoms with van der Waals surface area (Å²) in [5.74, 6) is -0.902. The van der Waals surface area contributed by atoms with Gasteiger partial charge in [0.2, 0.25) is 0 Å². The Labute approximate surface area is 135 Å². The molecule has 2 saturated heterocycles. The fourth-order valence-corrected chi connectivity index (χ4v) is 3.09. The van der Waals surface area contributed by atoms with Crippen LogP contribution in [-0.4, -0.2) is 88.7 Å². The molecule has 2 aliphatic heterocycles. The summed E-state index contributed by atoms with van der Waals surface area (Å²) in [6.07, 6.45) is -0.791. The van der Waals surface area contributed by atoms with Gasteiger partial charge in [0, 0.05) is 26.2 Å². The monoisotopic (exact) mass is 330 g/mol. The maximum Gasteiger partial charge on any atom is 0.410 e. The van der Waals surface area contributed by atoms with Gasteiger partial charge in [-0.15, -0.1) is 0 Å². The lowest BCUT2D eigenvalue weighted by molar-refractivity contribution is -0.155. The number of carbonyl (C=O) groups excluding carboxylic acids is 1. The van der Waals surface area contributed by atoms with Crippen molar-refractivity contribution >= 4 is 12.1 Å². The second-order valence-electron chi connectivity index (χ2n) is 7.25. The number of hydrogen-bond donors (Lipinski definition) is 2. The van der Waals surface area contributed by atoms with Crippen LogP contribution < -0.4 is 0 Å². The van der Waals surface area contributed by atoms with Crippen molar-refractivity contribution in [1.82, 2.24) is 9.80 Å². The van der Waals surface area contributed by atoms with Crippen LogP contribution in [0.5, 0.6) is 0 Å². The molecule has 1 unspecified atom stereocenters. The first-order chi connectivity index (χ1) is 10.6. The van der Waals surface area contributed by atoms with E-state index in [-0.39, 0.29) is 19.1 Å². The molecule has 0 bridgehead atoms. The zero-order valence-electron chi connectivity index (χ0n) is 13.9. The molecule has 8 nitrogen and oxygen atoms in total. The molecule has 23 heavy (non-hydrogen) atoms. The van der Waals surface area contributed by atoms with Crippen LogP contribution in [0.25, 0.3) is 0 Å². The summed E-state index contributed by atoms with van der Waals surface area (Å²) in [6, 6.07) is 0. The van der Waals surface area contributed by atoms with E-state index in [4.69, 9.17) is 9.47 Å². The van der Waals surface area contributed by atoms with Gasteiger partial charge in [-0.3, -0.25) is 9.69 Å². The first-order valence-corrected chi connectivity index (χ1v) is 7.82. The maximum absolute atomic E-state index is 12.1. The van der Waals surface area contributed by atoms with Gasteiger partial charge < -0.3 is 24.6 Å². The third-order valence-corrected chi connectivity index (χ3v) is 4.12. The number of amides is 1. The molecule has 0 aromatic heterocycles. The average molecular weight is 330 g/mol. The number of ether oxygens (including phenoxy) is 2. The average Bonchev–Trinajstić information content (AvgIpc) is 2.40. The van der Waals surface area contributed by atoms with Crippen molar-refractivity contribution < 1.29 is 29.3 Å². The van der Waals surface area contributed by atoms with Gasteiger partial charge in [-0.05, 0) is 20.8 Å². The molecule has 0 spiro atoms. The highest BCUT2D eigenvalue weighted by Crippen LogP contribution is 2.34. The van der Waals surface area contributed by atoms with E-state index in [1.807, 2.05) is 4.90 Å². The van der Waals surface area contributed by atoms with Crippen LogP contribution in [0.2, 0.25) is 0 Å². The zero-order valence-corrected chi connectivity index (χ0v) is 13.9. The second kappa shape index (κ2) is 6.62. The first kappa shape index (κ1) is 18.0. The standard InChI is InChI=1S/C15H26N2O6/c1-14(2,3)23-13(21)16-9-15(10-16,6-12(19)20)17-4-5-22-11(7-17)8-18/h11,18H,4-10H2,1-3H3,(H,19,20). The third-order valence-electron chi connectivity index (χ3n) is 4.12. The highest BCUT2D eigenvalue weighted by Gasteiger charge is 2.52. The SMILES string of the molecule is CC(C)(C)OC(=O)N1CC(CC(=O)O)(N2CCOC(CO)C2)C1. The fraction of sp³-hybridized carbons (Fsp3) is 0.867. The molecule has 0 aromatic carbocycles. The lowest BCUT2D eigenvalue weighted by Gasteiger charge is -2.56. The van der Waals surface area contributed by atoms with Crippen molar-refractivity contribution in [2.45, 2.75) is 44.4 Å². The molecule has 0 radical (unpaired) electrons. The minimum Gasteiger partial charge on any atom is -0.481 e. The molecule has 2 N–H and O–H groups in total. The molecular formula is C15H26N2O6. The predicted molar refractivity (Wildman–Crippen MR) is 81.2 cm³/mol. The summed E-state index contributed by atoms with van der Waals surface area (Å²) < 4.78 is 10.7. The number of hydrogen-bond acceptors (Lipinski definition) is 6. The number of aliphatic carboxylic acids is 1. The van der Waals surface area contributed by atoms with Gasteiger partial charge in [-0.25, -0.2) is 4.79 Å². The topological polar surface area (TPSA) is 99.5 Å². The molecule has 2 fully saturated rings. The van der Waals surface area contributed by atoms with Gasteiger partial charge in [-0.1, -0.05) is 0 Å². The smallest absolute Gasteiger partial charge is 0.410 e. The summed E-state index contributed by atoms with van der Waals surface area (Å²) in [5.41, 5.74) is -1.19. The van der Waals surface area contributed by atoms with Crippen LogP contribution in [0.4, 0.5) is 4.79 Å². The Balaban J connectivity index is 2.03. The Morgan fingerprint density at radius 2 is 2.00 bits per heavy atom. The van der Waals surface area contributed by atoms with Gasteiger partial charge in [0.15, 0.2) is 0 Å². The zero-order chi connectivity index (χ0) is 17.3. The molecule has 1 amide bonds. The predicted octanol–water partition coefficient (Wildman–Crippen LogP) is 0.144. The van der Waals surface area contributed by atoms with Gasteiger partial charge in [-0.2, -0.15) is 0 Å². The number of morpholine rings is 1. The van der Waals surface area contributed by atoms with E-state index < -0.39 is 23.2 Å². The number of aliphatic hydroxyl groups excluding tert-OH is 1. The molecule has 1 atom stereocenters. The Bertz CT molecular complexity index is 455. The molecule has 8 heteroatoms. The summed E-state index contributed by atoms with van der Waals surface area (Å²) in [6.45, 7) is 7.40. The highest BCUT2D eigenvalue weighted by molar-refractivity contribution is 5.73. The minimum atomic E-state index is -0.902. The lowest BCUT2D eigenvalue weighted by Crippen LogP contribution is -2.74. The van der Waals surface area contributed by atoms with Crippen LogP contribution in [-0.2, 0) is 14.3 Å². The van der Waals surface area contributed by atoms with Crippen LogP contribution in [0.3, 0.4) is 0 Å². The number of carboxylic acid groups (broad SMARTS) is 1. The summed E-state index contributed by atoms with van der Waals surface area (Å²) in [5, 5.41) is 18.5. The summed E-state index contributed by atoms with van der Waals surface area (Å²) in [7, 11) is 0. The van der Waals surface area contributed by atoms with Crippen molar-refractivity contribution in [2.24, 2.45) is 0 Å². The number of aliphatic hydroxyl groups is 1. The number of likely N-dealkylation sites (tertiary alicyclic amines) is 1. The van der Waals surface area contributed by atoms with Crippen LogP contribution in [0.1, 0.15) is 27.2 Å². The van der Waals surface area contributed by atoms with E-state index in [1.54, 1.807) is 20.8 Å². The van der Waals surface area contributed by atoms with E-state index in [0.717, 1.165) is 0 Å². The van der Waals surface area contributed by atoms with E-state index in [0.29, 0.717) is 32.8 Å². The largest absolute Gasteiger partial charge is 0.481 e. The molecular weight excluding hydrogens is 304 g/mol. The molecule has 0 aliphatic carbocycles. The number of carbonyl (C=O) groups is 2. The normalized spacial score (nSPS) is 24.9. The number of nitrogens with zero attached hydrogens (tertiary/aromatic N) is 2. The lowest BCUT2D eigenvalue weighted by atomic mass is 9.83. The molecule has 2 heterocycles. The quantitative estimate of drug-likeness (QED) is 0.756. The maximum atomic E-state index is 12.1. The summed E-state index contributed by atoms with van der Waals surface area (Å²) >= 11 is 0. The van der Waals surface area contributed by atoms with Crippen molar-refractivity contribution in [3.63, 3.8) is 0 Å². The Morgan fingerprint density at radius 3 is 2.52 bits per heavy atom. The van der Waals surface area contributed by atoms with Crippen LogP contribution in [0.15, 0.2) is 0 Å². The molecule has 2 aliphatic rings. The van der Waals surface area contributed by atoms with E-state index in [2.05, 4.69) is 0 Å². The first-order valence-electron chi connectivity index (χ1n) is 7.82. The van der Waals surface area contributed by atoms with E-state index in [9.17, 15) is 19.8 Å². The van der Waals surface area contributed by atoms with Gasteiger partial charge in [0.25, 0.3) is 0 Å². The molecule has 132 valence electrons. The Hall–Kier alpha value is -1.38. The highest BCUT2D eigenvalue weighted by atomic mass is 16.6. The van der Waals surface area contributed by atoms with Crippen molar-refractivity contribution in [1.29, 1.82) is 0 Å². The van der Waals surface area contributed by atoms with E-state index >= 15 is 0 Å². The van der Waals surface area contributed by atoms with Gasteiger partial charge in [0.1, 0.15) is 5.60 Å². The second-order valence-corrected chi connectivity index (χ2v) is 7.25. The number of carboxylic acids is 1. The van der Waals surface area contributed by atoms with Crippen LogP contribution >= 0.6 is 0 Å². The van der Waals surface area contributed by atoms with E-state index in [1.165, 1.54) is 4.90 Å². The number of rotatable bonds is 4. The fourth-order valence-electron chi connectivity index (χ4n) is 3.09. The Morgan fingerprint density at radius 1 is 1.35 bits per heavy atom. The summed E-state index contributed by atoms with van der Waals surface area (Å²) in [4.78, 5) is 26.9. The molecule has 0 saturated carbocycles. The van der Waals surface area contributed by atoms with Crippen molar-refractivity contribution in [3.8, 4) is 0 Å². The third kappa shape index (κ3) is 4.33. The van der Waals surface area contributed by atoms with Crippen molar-refractivity contribution in [3.05, 3.63) is 0 Å². The van der Waals surface area contributed by atoms with Gasteiger partial charge >= 0.3 is 12.1 Å². The van der Waals surface area contributed by atoms with Crippen LogP contribution in [0, 0.1) is 0 Å². The van der Waals surface area contributed by atoms with Crippen molar-refractivity contribution in [2.75, 3.05) is 39.4 Å². The molecule has 2 rings (SSSR count). The minimum absolute atomic E-state index is 0.0511. The van der Waals surface area contributed by atoms with Gasteiger partial charge in [0.05, 0.1) is 31.3 Å². The molecule has 0 aromatic rings. The Kier molecular flexibility index (Phi) is 5.17.